The third-order valence-electron chi connectivity index (χ3n) is 6.08. The molecule has 0 aliphatic heterocycles. The number of benzene rings is 2. The molecule has 1 heterocycles. The molecule has 2 aromatic carbocycles. The zero-order valence-corrected chi connectivity index (χ0v) is 19.6. The van der Waals surface area contributed by atoms with Crippen molar-refractivity contribution in [1.29, 1.82) is 0 Å². The predicted octanol–water partition coefficient (Wildman–Crippen LogP) is 3.60. The third-order valence-corrected chi connectivity index (χ3v) is 6.57. The summed E-state index contributed by atoms with van der Waals surface area (Å²) in [6.07, 6.45) is 1.89. The summed E-state index contributed by atoms with van der Waals surface area (Å²) < 4.78 is 5.83. The molecule has 2 unspecified atom stereocenters. The van der Waals surface area contributed by atoms with E-state index in [0.29, 0.717) is 17.2 Å². The molecule has 5 N–H and O–H groups in total. The Labute approximate surface area is 198 Å². The van der Waals surface area contributed by atoms with Crippen LogP contribution in [0.25, 0.3) is 10.9 Å². The summed E-state index contributed by atoms with van der Waals surface area (Å²) in [4.78, 5) is 28.4. The van der Waals surface area contributed by atoms with Gasteiger partial charge in [-0.1, -0.05) is 48.1 Å². The number of primary amides is 1. The van der Waals surface area contributed by atoms with Crippen LogP contribution in [0.2, 0.25) is 0 Å². The van der Waals surface area contributed by atoms with Gasteiger partial charge >= 0.3 is 5.97 Å². The van der Waals surface area contributed by atoms with Gasteiger partial charge in [0.25, 0.3) is 0 Å². The van der Waals surface area contributed by atoms with E-state index in [2.05, 4.69) is 10.3 Å². The van der Waals surface area contributed by atoms with Crippen LogP contribution in [-0.2, 0) is 16.0 Å². The number of aromatic amines is 1. The summed E-state index contributed by atoms with van der Waals surface area (Å²) in [6, 6.07) is 15.3. The molecule has 0 fully saturated rings. The summed E-state index contributed by atoms with van der Waals surface area (Å²) in [5.74, 6) is -1.88. The molecule has 0 spiro atoms. The largest absolute Gasteiger partial charge is 0.494 e. The fourth-order valence-corrected chi connectivity index (χ4v) is 4.56. The predicted molar refractivity (Wildman–Crippen MR) is 132 cm³/mol. The Morgan fingerprint density at radius 2 is 1.91 bits per heavy atom. The number of fused-ring (bicyclic) bond motifs is 1. The zero-order valence-electron chi connectivity index (χ0n) is 18.8. The van der Waals surface area contributed by atoms with Crippen molar-refractivity contribution >= 4 is 40.0 Å². The minimum absolute atomic E-state index is 0.0635. The number of carboxylic acids is 1. The minimum Gasteiger partial charge on any atom is -0.494 e. The number of ether oxygens (including phenoxy) is 1. The van der Waals surface area contributed by atoms with E-state index < -0.39 is 23.2 Å². The maximum Gasteiger partial charge on any atom is 0.311 e. The molecule has 174 valence electrons. The van der Waals surface area contributed by atoms with Crippen molar-refractivity contribution in [2.75, 3.05) is 13.7 Å². The number of aliphatic carboxylic acids is 1. The van der Waals surface area contributed by atoms with Crippen molar-refractivity contribution in [2.24, 2.45) is 17.1 Å². The maximum absolute atomic E-state index is 12.7. The van der Waals surface area contributed by atoms with E-state index in [1.54, 1.807) is 7.05 Å². The number of hydrogen-bond donors (Lipinski definition) is 4. The van der Waals surface area contributed by atoms with Gasteiger partial charge in [-0.25, -0.2) is 0 Å². The van der Waals surface area contributed by atoms with Gasteiger partial charge in [0.05, 0.1) is 17.0 Å². The molecule has 7 nitrogen and oxygen atoms in total. The average molecular weight is 468 g/mol. The van der Waals surface area contributed by atoms with Gasteiger partial charge in [0.2, 0.25) is 5.91 Å². The highest BCUT2D eigenvalue weighted by Gasteiger charge is 2.49. The molecule has 3 rings (SSSR count). The smallest absolute Gasteiger partial charge is 0.311 e. The summed E-state index contributed by atoms with van der Waals surface area (Å²) >= 11 is 5.57. The van der Waals surface area contributed by atoms with Gasteiger partial charge in [0.1, 0.15) is 5.75 Å². The molecule has 0 saturated heterocycles. The molecule has 1 aromatic heterocycles. The number of H-pyrrole nitrogens is 1. The lowest BCUT2D eigenvalue weighted by atomic mass is 9.68. The van der Waals surface area contributed by atoms with E-state index >= 15 is 0 Å². The fourth-order valence-electron chi connectivity index (χ4n) is 4.25. The molecule has 2 atom stereocenters. The number of thiocarbonyl (C=S) groups is 1. The number of aromatic nitrogens is 1. The van der Waals surface area contributed by atoms with E-state index in [1.807, 2.05) is 61.7 Å². The Balaban J connectivity index is 1.95. The standard InChI is InChI=1S/C25H29N3O4S/c1-16-7-9-18(10-8-16)32-12-11-25(24(30)31,14-22(26)29)20(23(33)27-2)13-17-15-28-21-6-4-3-5-19(17)21/h3-10,15,20,28H,11-14H2,1-2H3,(H2,26,29)(H,27,33)(H,30,31). The molecule has 0 bridgehead atoms. The molecule has 8 heteroatoms. The monoisotopic (exact) mass is 467 g/mol. The van der Waals surface area contributed by atoms with Crippen LogP contribution >= 0.6 is 12.2 Å². The highest BCUT2D eigenvalue weighted by Crippen LogP contribution is 2.40. The van der Waals surface area contributed by atoms with Crippen LogP contribution in [0.15, 0.2) is 54.7 Å². The zero-order chi connectivity index (χ0) is 24.0. The third kappa shape index (κ3) is 5.51. The number of carbonyl (C=O) groups is 2. The van der Waals surface area contributed by atoms with Gasteiger partial charge < -0.3 is 25.9 Å². The van der Waals surface area contributed by atoms with Crippen molar-refractivity contribution < 1.29 is 19.4 Å². The Hall–Kier alpha value is -3.39. The summed E-state index contributed by atoms with van der Waals surface area (Å²) in [6.45, 7) is 2.07. The molecular formula is C25H29N3O4S. The van der Waals surface area contributed by atoms with Crippen LogP contribution in [-0.4, -0.2) is 40.6 Å². The molecule has 33 heavy (non-hydrogen) atoms. The normalized spacial score (nSPS) is 13.8. The highest BCUT2D eigenvalue weighted by atomic mass is 32.1. The van der Waals surface area contributed by atoms with Crippen LogP contribution in [0.1, 0.15) is 24.0 Å². The summed E-state index contributed by atoms with van der Waals surface area (Å²) in [5.41, 5.74) is 6.97. The van der Waals surface area contributed by atoms with Crippen LogP contribution < -0.4 is 15.8 Å². The lowest BCUT2D eigenvalue weighted by Gasteiger charge is -2.37. The van der Waals surface area contributed by atoms with Crippen molar-refractivity contribution in [3.8, 4) is 5.75 Å². The second kappa shape index (κ2) is 10.5. The lowest BCUT2D eigenvalue weighted by molar-refractivity contribution is -0.155. The second-order valence-electron chi connectivity index (χ2n) is 8.25. The van der Waals surface area contributed by atoms with Gasteiger partial charge in [0, 0.05) is 36.5 Å². The van der Waals surface area contributed by atoms with Gasteiger partial charge in [-0.05, 0) is 43.5 Å². The van der Waals surface area contributed by atoms with Crippen LogP contribution in [0.5, 0.6) is 5.75 Å². The molecule has 1 amide bonds. The second-order valence-corrected chi connectivity index (χ2v) is 8.69. The summed E-state index contributed by atoms with van der Waals surface area (Å²) in [7, 11) is 1.66. The van der Waals surface area contributed by atoms with E-state index in [1.165, 1.54) is 0 Å². The quantitative estimate of drug-likeness (QED) is 0.320. The first-order chi connectivity index (χ1) is 15.8. The molecule has 0 radical (unpaired) electrons. The molecule has 3 aromatic rings. The van der Waals surface area contributed by atoms with Gasteiger partial charge in [0.15, 0.2) is 0 Å². The van der Waals surface area contributed by atoms with Crippen molar-refractivity contribution in [2.45, 2.75) is 26.2 Å². The SMILES string of the molecule is CNC(=S)C(Cc1c[nH]c2ccccc12)C(CCOc1ccc(C)cc1)(CC(N)=O)C(=O)O. The number of aryl methyl sites for hydroxylation is 1. The maximum atomic E-state index is 12.7. The fraction of sp³-hybridized carbons (Fsp3) is 0.320. The summed E-state index contributed by atoms with van der Waals surface area (Å²) in [5, 5.41) is 14.3. The molecule has 0 saturated carbocycles. The number of rotatable bonds is 11. The van der Waals surface area contributed by atoms with Crippen LogP contribution in [0.3, 0.4) is 0 Å². The van der Waals surface area contributed by atoms with Crippen molar-refractivity contribution in [3.05, 3.63) is 65.9 Å². The van der Waals surface area contributed by atoms with E-state index in [4.69, 9.17) is 22.7 Å². The van der Waals surface area contributed by atoms with Crippen LogP contribution in [0, 0.1) is 18.3 Å². The number of nitrogens with two attached hydrogens (primary N) is 1. The number of nitrogens with one attached hydrogen (secondary N) is 2. The minimum atomic E-state index is -1.53. The first kappa shape index (κ1) is 24.3. The molecular weight excluding hydrogens is 438 g/mol. The van der Waals surface area contributed by atoms with Gasteiger partial charge in [-0.3, -0.25) is 9.59 Å². The first-order valence-corrected chi connectivity index (χ1v) is 11.2. The highest BCUT2D eigenvalue weighted by molar-refractivity contribution is 7.80. The molecule has 0 aliphatic rings. The Morgan fingerprint density at radius 1 is 1.21 bits per heavy atom. The lowest BCUT2D eigenvalue weighted by Crippen LogP contribution is -2.49. The number of para-hydroxylation sites is 1. The topological polar surface area (TPSA) is 117 Å². The Kier molecular flexibility index (Phi) is 7.71. The average Bonchev–Trinajstić information content (AvgIpc) is 3.20. The first-order valence-electron chi connectivity index (χ1n) is 10.7. The Bertz CT molecular complexity index is 1140. The number of carbonyl (C=O) groups excluding carboxylic acids is 1. The van der Waals surface area contributed by atoms with Gasteiger partial charge in [-0.15, -0.1) is 0 Å². The number of amides is 1. The van der Waals surface area contributed by atoms with E-state index in [9.17, 15) is 14.7 Å². The van der Waals surface area contributed by atoms with Gasteiger partial charge in [-0.2, -0.15) is 0 Å². The Morgan fingerprint density at radius 3 is 2.55 bits per heavy atom. The van der Waals surface area contributed by atoms with E-state index in [0.717, 1.165) is 22.0 Å². The number of carboxylic acid groups (broad SMARTS) is 1. The molecule has 0 aliphatic carbocycles. The van der Waals surface area contributed by atoms with E-state index in [-0.39, 0.29) is 19.4 Å². The number of hydrogen-bond acceptors (Lipinski definition) is 4. The van der Waals surface area contributed by atoms with Crippen LogP contribution in [0.4, 0.5) is 0 Å². The van der Waals surface area contributed by atoms with Crippen molar-refractivity contribution in [1.82, 2.24) is 10.3 Å². The van der Waals surface area contributed by atoms with Crippen molar-refractivity contribution in [3.63, 3.8) is 0 Å².